The Morgan fingerprint density at radius 1 is 1.21 bits per heavy atom. The minimum atomic E-state index is -0.869. The minimum absolute atomic E-state index is 0.0365. The van der Waals surface area contributed by atoms with Gasteiger partial charge in [-0.25, -0.2) is 9.97 Å². The fraction of sp³-hybridized carbons (Fsp3) is 0.350. The maximum Gasteiger partial charge on any atom is 0.315 e. The van der Waals surface area contributed by atoms with E-state index in [0.29, 0.717) is 18.8 Å². The Bertz CT molecular complexity index is 933. The molecule has 0 spiro atoms. The molecule has 2 aromatic rings. The highest BCUT2D eigenvalue weighted by molar-refractivity contribution is 6.39. The van der Waals surface area contributed by atoms with Crippen LogP contribution in [-0.2, 0) is 9.59 Å². The lowest BCUT2D eigenvalue weighted by atomic mass is 9.90. The molecule has 3 amide bonds. The monoisotopic (exact) mass is 397 g/mol. The zero-order valence-electron chi connectivity index (χ0n) is 16.3. The van der Waals surface area contributed by atoms with E-state index < -0.39 is 17.7 Å². The number of hydrogen-bond donors (Lipinski definition) is 2. The summed E-state index contributed by atoms with van der Waals surface area (Å²) in [4.78, 5) is 46.8. The molecule has 1 aliphatic heterocycles. The Labute approximate surface area is 168 Å². The number of pyridine rings is 2. The first-order chi connectivity index (χ1) is 13.9. The van der Waals surface area contributed by atoms with Crippen LogP contribution in [0.25, 0.3) is 0 Å². The quantitative estimate of drug-likeness (QED) is 0.753. The largest absolute Gasteiger partial charge is 0.481 e. The third-order valence-corrected chi connectivity index (χ3v) is 4.93. The molecule has 1 saturated heterocycles. The topological polar surface area (TPSA) is 128 Å². The van der Waals surface area contributed by atoms with Gasteiger partial charge in [0, 0.05) is 25.0 Å². The number of primary amides is 1. The molecule has 152 valence electrons. The number of anilines is 1. The summed E-state index contributed by atoms with van der Waals surface area (Å²) < 4.78 is 5.18. The summed E-state index contributed by atoms with van der Waals surface area (Å²) in [7, 11) is 1.52. The van der Waals surface area contributed by atoms with Gasteiger partial charge in [0.1, 0.15) is 5.82 Å². The first kappa shape index (κ1) is 20.2. The van der Waals surface area contributed by atoms with Crippen LogP contribution >= 0.6 is 0 Å². The zero-order valence-corrected chi connectivity index (χ0v) is 16.3. The molecule has 0 saturated carbocycles. The summed E-state index contributed by atoms with van der Waals surface area (Å²) in [5.74, 6) is -1.65. The average Bonchev–Trinajstić information content (AvgIpc) is 2.73. The van der Waals surface area contributed by atoms with Crippen molar-refractivity contribution < 1.29 is 19.1 Å². The lowest BCUT2D eigenvalue weighted by Crippen LogP contribution is -2.46. The second kappa shape index (κ2) is 8.68. The van der Waals surface area contributed by atoms with Crippen molar-refractivity contribution in [1.82, 2.24) is 14.9 Å². The smallest absolute Gasteiger partial charge is 0.315 e. The van der Waals surface area contributed by atoms with Crippen LogP contribution in [0.4, 0.5) is 5.82 Å². The van der Waals surface area contributed by atoms with Gasteiger partial charge in [-0.2, -0.15) is 0 Å². The Morgan fingerprint density at radius 3 is 2.72 bits per heavy atom. The van der Waals surface area contributed by atoms with Gasteiger partial charge in [0.25, 0.3) is 5.91 Å². The molecule has 3 rings (SSSR count). The number of carbonyl (C=O) groups excluding carboxylic acids is 3. The molecule has 2 atom stereocenters. The summed E-state index contributed by atoms with van der Waals surface area (Å²) >= 11 is 0. The van der Waals surface area contributed by atoms with Crippen molar-refractivity contribution in [2.24, 2.45) is 11.7 Å². The maximum atomic E-state index is 13.0. The van der Waals surface area contributed by atoms with Crippen LogP contribution in [0.3, 0.4) is 0 Å². The van der Waals surface area contributed by atoms with Gasteiger partial charge in [0.05, 0.1) is 18.7 Å². The van der Waals surface area contributed by atoms with E-state index >= 15 is 0 Å². The average molecular weight is 397 g/mol. The van der Waals surface area contributed by atoms with Crippen LogP contribution in [0.5, 0.6) is 5.88 Å². The first-order valence-electron chi connectivity index (χ1n) is 9.27. The zero-order chi connectivity index (χ0) is 21.0. The number of rotatable bonds is 4. The lowest BCUT2D eigenvalue weighted by Gasteiger charge is -2.38. The highest BCUT2D eigenvalue weighted by Gasteiger charge is 2.34. The second-order valence-corrected chi connectivity index (χ2v) is 7.01. The van der Waals surface area contributed by atoms with Crippen LogP contribution in [0.1, 0.15) is 41.7 Å². The molecule has 9 nitrogen and oxygen atoms in total. The number of piperidine rings is 1. The fourth-order valence-corrected chi connectivity index (χ4v) is 3.46. The van der Waals surface area contributed by atoms with Gasteiger partial charge < -0.3 is 20.7 Å². The second-order valence-electron chi connectivity index (χ2n) is 7.01. The number of ether oxygens (including phenoxy) is 1. The van der Waals surface area contributed by atoms with E-state index in [-0.39, 0.29) is 23.3 Å². The molecule has 0 aliphatic carbocycles. The predicted molar refractivity (Wildman–Crippen MR) is 105 cm³/mol. The molecule has 9 heteroatoms. The van der Waals surface area contributed by atoms with Gasteiger partial charge >= 0.3 is 11.8 Å². The molecule has 0 bridgehead atoms. The number of carbonyl (C=O) groups is 3. The molecule has 2 aromatic heterocycles. The van der Waals surface area contributed by atoms with Crippen LogP contribution in [0.15, 0.2) is 36.7 Å². The van der Waals surface area contributed by atoms with Crippen molar-refractivity contribution >= 4 is 23.5 Å². The summed E-state index contributed by atoms with van der Waals surface area (Å²) in [6.07, 6.45) is 4.65. The normalized spacial score (nSPS) is 18.8. The molecule has 0 radical (unpaired) electrons. The highest BCUT2D eigenvalue weighted by Crippen LogP contribution is 2.34. The lowest BCUT2D eigenvalue weighted by molar-refractivity contribution is -0.146. The maximum absolute atomic E-state index is 13.0. The number of amides is 3. The molecule has 1 aliphatic rings. The number of methoxy groups -OCH3 is 1. The molecule has 29 heavy (non-hydrogen) atoms. The number of hydrogen-bond acceptors (Lipinski definition) is 6. The third kappa shape index (κ3) is 4.50. The summed E-state index contributed by atoms with van der Waals surface area (Å²) in [6.45, 7) is 2.47. The summed E-state index contributed by atoms with van der Waals surface area (Å²) in [5.41, 5.74) is 6.20. The van der Waals surface area contributed by atoms with E-state index in [1.807, 2.05) is 13.0 Å². The van der Waals surface area contributed by atoms with Crippen molar-refractivity contribution in [1.29, 1.82) is 0 Å². The van der Waals surface area contributed by atoms with Gasteiger partial charge in [-0.05, 0) is 42.5 Å². The predicted octanol–water partition coefficient (Wildman–Crippen LogP) is 1.52. The molecular weight excluding hydrogens is 374 g/mol. The van der Waals surface area contributed by atoms with Crippen LogP contribution < -0.4 is 15.8 Å². The van der Waals surface area contributed by atoms with E-state index in [0.717, 1.165) is 12.0 Å². The Kier molecular flexibility index (Phi) is 6.06. The van der Waals surface area contributed by atoms with E-state index in [2.05, 4.69) is 15.3 Å². The van der Waals surface area contributed by atoms with Crippen LogP contribution in [-0.4, -0.2) is 46.2 Å². The molecule has 3 N–H and O–H groups in total. The first-order valence-corrected chi connectivity index (χ1v) is 9.27. The van der Waals surface area contributed by atoms with Crippen molar-refractivity contribution in [2.75, 3.05) is 19.0 Å². The standard InChI is InChI=1S/C20H23N5O4/c1-12-5-6-15(13-7-9-22-16(10-13)29-2)25(11-12)20(28)19(27)24-18-14(17(21)26)4-3-8-23-18/h3-4,7-10,12,15H,5-6,11H2,1-2H3,(H2,21,26)(H,23,24,27)/t12-,15+/m0/s1. The van der Waals surface area contributed by atoms with Gasteiger partial charge in [-0.3, -0.25) is 14.4 Å². The van der Waals surface area contributed by atoms with E-state index in [1.165, 1.54) is 25.4 Å². The van der Waals surface area contributed by atoms with E-state index in [9.17, 15) is 14.4 Å². The molecular formula is C20H23N5O4. The van der Waals surface area contributed by atoms with E-state index in [1.54, 1.807) is 17.2 Å². The molecule has 1 fully saturated rings. The molecule has 0 aromatic carbocycles. The number of nitrogens with one attached hydrogen (secondary N) is 1. The van der Waals surface area contributed by atoms with Crippen molar-refractivity contribution in [3.05, 3.63) is 47.8 Å². The van der Waals surface area contributed by atoms with E-state index in [4.69, 9.17) is 10.5 Å². The Hall–Kier alpha value is -3.49. The third-order valence-electron chi connectivity index (χ3n) is 4.93. The van der Waals surface area contributed by atoms with Gasteiger partial charge in [0.2, 0.25) is 5.88 Å². The van der Waals surface area contributed by atoms with Crippen molar-refractivity contribution in [2.45, 2.75) is 25.8 Å². The van der Waals surface area contributed by atoms with Gasteiger partial charge in [-0.1, -0.05) is 6.92 Å². The van der Waals surface area contributed by atoms with Gasteiger partial charge in [0.15, 0.2) is 0 Å². The number of nitrogens with zero attached hydrogens (tertiary/aromatic N) is 3. The number of aromatic nitrogens is 2. The summed E-state index contributed by atoms with van der Waals surface area (Å²) in [5, 5.41) is 2.42. The Balaban J connectivity index is 1.84. The number of nitrogens with two attached hydrogens (primary N) is 1. The molecule has 3 heterocycles. The number of likely N-dealkylation sites (tertiary alicyclic amines) is 1. The van der Waals surface area contributed by atoms with Crippen LogP contribution in [0, 0.1) is 5.92 Å². The highest BCUT2D eigenvalue weighted by atomic mass is 16.5. The van der Waals surface area contributed by atoms with Crippen LogP contribution in [0.2, 0.25) is 0 Å². The fourth-order valence-electron chi connectivity index (χ4n) is 3.46. The minimum Gasteiger partial charge on any atom is -0.481 e. The van der Waals surface area contributed by atoms with Gasteiger partial charge in [-0.15, -0.1) is 0 Å². The van der Waals surface area contributed by atoms with Crippen molar-refractivity contribution in [3.63, 3.8) is 0 Å². The Morgan fingerprint density at radius 2 is 2.00 bits per heavy atom. The summed E-state index contributed by atoms with van der Waals surface area (Å²) in [6, 6.07) is 6.26. The molecule has 0 unspecified atom stereocenters. The SMILES string of the molecule is COc1cc([C@H]2CC[C@H](C)CN2C(=O)C(=O)Nc2ncccc2C(N)=O)ccn1. The van der Waals surface area contributed by atoms with Crippen molar-refractivity contribution in [3.8, 4) is 5.88 Å².